The molecule has 0 saturated heterocycles. The van der Waals surface area contributed by atoms with Gasteiger partial charge in [0.25, 0.3) is 0 Å². The minimum absolute atomic E-state index is 0.0844. The number of amides is 2. The number of rotatable bonds is 10. The lowest BCUT2D eigenvalue weighted by Crippen LogP contribution is -2.48. The van der Waals surface area contributed by atoms with Crippen molar-refractivity contribution in [2.45, 2.75) is 31.7 Å². The lowest BCUT2D eigenvalue weighted by atomic mass is 10.1. The van der Waals surface area contributed by atoms with Gasteiger partial charge in [-0.2, -0.15) is 0 Å². The standard InChI is InChI=1S/C22H27ClN2O3S/c1-4-20(22(27)24-2)25(13-17-7-5-6-8-19(17)23)21(26)15-29-14-16-9-11-18(28-3)12-10-16/h5-12,20H,4,13-15H2,1-3H3,(H,24,27)/t20-/m0/s1. The molecule has 0 spiro atoms. The van der Waals surface area contributed by atoms with E-state index in [0.717, 1.165) is 16.9 Å². The Balaban J connectivity index is 2.08. The van der Waals surface area contributed by atoms with Crippen molar-refractivity contribution in [3.63, 3.8) is 0 Å². The number of hydrogen-bond donors (Lipinski definition) is 1. The Morgan fingerprint density at radius 1 is 1.17 bits per heavy atom. The van der Waals surface area contributed by atoms with Crippen LogP contribution in [0, 0.1) is 0 Å². The number of likely N-dealkylation sites (N-methyl/N-ethyl adjacent to an activating group) is 1. The molecule has 0 heterocycles. The van der Waals surface area contributed by atoms with Crippen molar-refractivity contribution in [2.24, 2.45) is 0 Å². The molecule has 0 aromatic heterocycles. The van der Waals surface area contributed by atoms with Crippen LogP contribution in [-0.2, 0) is 21.9 Å². The van der Waals surface area contributed by atoms with Crippen molar-refractivity contribution in [3.05, 3.63) is 64.7 Å². The van der Waals surface area contributed by atoms with Crippen LogP contribution in [0.1, 0.15) is 24.5 Å². The zero-order chi connectivity index (χ0) is 21.2. The summed E-state index contributed by atoms with van der Waals surface area (Å²) < 4.78 is 5.17. The molecule has 156 valence electrons. The number of methoxy groups -OCH3 is 1. The molecule has 2 rings (SSSR count). The van der Waals surface area contributed by atoms with Crippen LogP contribution >= 0.6 is 23.4 Å². The molecule has 2 aromatic rings. The van der Waals surface area contributed by atoms with Gasteiger partial charge in [-0.25, -0.2) is 0 Å². The van der Waals surface area contributed by atoms with Gasteiger partial charge in [0.15, 0.2) is 0 Å². The number of carbonyl (C=O) groups is 2. The van der Waals surface area contributed by atoms with Crippen molar-refractivity contribution in [1.29, 1.82) is 0 Å². The maximum absolute atomic E-state index is 13.0. The fourth-order valence-corrected chi connectivity index (χ4v) is 4.02. The summed E-state index contributed by atoms with van der Waals surface area (Å²) in [7, 11) is 3.22. The molecule has 1 N–H and O–H groups in total. The molecule has 0 radical (unpaired) electrons. The number of ether oxygens (including phenoxy) is 1. The maximum atomic E-state index is 13.0. The summed E-state index contributed by atoms with van der Waals surface area (Å²) in [5.41, 5.74) is 1.93. The number of carbonyl (C=O) groups excluding carboxylic acids is 2. The molecular weight excluding hydrogens is 408 g/mol. The van der Waals surface area contributed by atoms with E-state index >= 15 is 0 Å². The lowest BCUT2D eigenvalue weighted by Gasteiger charge is -2.30. The third kappa shape index (κ3) is 6.68. The Kier molecular flexibility index (Phi) is 9.35. The van der Waals surface area contributed by atoms with E-state index in [0.29, 0.717) is 23.7 Å². The van der Waals surface area contributed by atoms with Crippen LogP contribution in [0.25, 0.3) is 0 Å². The lowest BCUT2D eigenvalue weighted by molar-refractivity contribution is -0.139. The number of nitrogens with zero attached hydrogens (tertiary/aromatic N) is 1. The molecule has 2 aromatic carbocycles. The zero-order valence-electron chi connectivity index (χ0n) is 17.0. The molecule has 0 aliphatic rings. The second-order valence-corrected chi connectivity index (χ2v) is 7.89. The predicted molar refractivity (Wildman–Crippen MR) is 119 cm³/mol. The van der Waals surface area contributed by atoms with E-state index in [1.165, 1.54) is 11.8 Å². The molecule has 0 bridgehead atoms. The number of benzene rings is 2. The predicted octanol–water partition coefficient (Wildman–Crippen LogP) is 4.14. The highest BCUT2D eigenvalue weighted by atomic mass is 35.5. The Bertz CT molecular complexity index is 814. The minimum atomic E-state index is -0.537. The van der Waals surface area contributed by atoms with Crippen LogP contribution < -0.4 is 10.1 Å². The highest BCUT2D eigenvalue weighted by Gasteiger charge is 2.28. The Morgan fingerprint density at radius 2 is 1.86 bits per heavy atom. The van der Waals surface area contributed by atoms with Crippen LogP contribution in [0.15, 0.2) is 48.5 Å². The second kappa shape index (κ2) is 11.7. The first-order chi connectivity index (χ1) is 14.0. The third-order valence-corrected chi connectivity index (χ3v) is 5.94. The fraction of sp³-hybridized carbons (Fsp3) is 0.364. The summed E-state index contributed by atoms with van der Waals surface area (Å²) in [5.74, 6) is 1.53. The van der Waals surface area contributed by atoms with Crippen molar-refractivity contribution < 1.29 is 14.3 Å². The third-order valence-electron chi connectivity index (χ3n) is 4.58. The first-order valence-electron chi connectivity index (χ1n) is 9.45. The average molecular weight is 435 g/mol. The van der Waals surface area contributed by atoms with Crippen molar-refractivity contribution >= 4 is 35.2 Å². The molecule has 0 saturated carbocycles. The quantitative estimate of drug-likeness (QED) is 0.610. The summed E-state index contributed by atoms with van der Waals surface area (Å²) in [6.45, 7) is 2.20. The summed E-state index contributed by atoms with van der Waals surface area (Å²) >= 11 is 7.81. The first-order valence-corrected chi connectivity index (χ1v) is 11.0. The van der Waals surface area contributed by atoms with Crippen LogP contribution in [0.2, 0.25) is 5.02 Å². The Labute approximate surface area is 181 Å². The first kappa shape index (κ1) is 23.1. The number of nitrogens with one attached hydrogen (secondary N) is 1. The molecule has 7 heteroatoms. The highest BCUT2D eigenvalue weighted by Crippen LogP contribution is 2.22. The molecule has 2 amide bonds. The summed E-state index contributed by atoms with van der Waals surface area (Å²) in [4.78, 5) is 27.0. The number of thioether (sulfide) groups is 1. The smallest absolute Gasteiger partial charge is 0.242 e. The molecule has 5 nitrogen and oxygen atoms in total. The van der Waals surface area contributed by atoms with E-state index in [-0.39, 0.29) is 17.6 Å². The molecule has 0 fully saturated rings. The van der Waals surface area contributed by atoms with E-state index in [9.17, 15) is 9.59 Å². The van der Waals surface area contributed by atoms with Gasteiger partial charge < -0.3 is 15.0 Å². The maximum Gasteiger partial charge on any atom is 0.242 e. The summed E-state index contributed by atoms with van der Waals surface area (Å²) in [5, 5.41) is 3.25. The zero-order valence-corrected chi connectivity index (χ0v) is 18.6. The SMILES string of the molecule is CC[C@@H](C(=O)NC)N(Cc1ccccc1Cl)C(=O)CSCc1ccc(OC)cc1. The van der Waals surface area contributed by atoms with E-state index < -0.39 is 6.04 Å². The Hall–Kier alpha value is -2.18. The Morgan fingerprint density at radius 3 is 2.45 bits per heavy atom. The average Bonchev–Trinajstić information content (AvgIpc) is 2.75. The topological polar surface area (TPSA) is 58.6 Å². The fourth-order valence-electron chi connectivity index (χ4n) is 2.96. The van der Waals surface area contributed by atoms with Crippen molar-refractivity contribution in [1.82, 2.24) is 10.2 Å². The van der Waals surface area contributed by atoms with Gasteiger partial charge in [0.05, 0.1) is 12.9 Å². The van der Waals surface area contributed by atoms with Gasteiger partial charge in [-0.3, -0.25) is 9.59 Å². The minimum Gasteiger partial charge on any atom is -0.497 e. The molecule has 0 unspecified atom stereocenters. The monoisotopic (exact) mass is 434 g/mol. The summed E-state index contributed by atoms with van der Waals surface area (Å²) in [6.07, 6.45) is 0.527. The van der Waals surface area contributed by atoms with Gasteiger partial charge in [0.2, 0.25) is 11.8 Å². The van der Waals surface area contributed by atoms with E-state index in [1.54, 1.807) is 25.1 Å². The highest BCUT2D eigenvalue weighted by molar-refractivity contribution is 7.99. The normalized spacial score (nSPS) is 11.6. The second-order valence-electron chi connectivity index (χ2n) is 6.49. The van der Waals surface area contributed by atoms with E-state index in [4.69, 9.17) is 16.3 Å². The summed E-state index contributed by atoms with van der Waals surface area (Å²) in [6, 6.07) is 14.6. The van der Waals surface area contributed by atoms with E-state index in [2.05, 4.69) is 5.32 Å². The number of hydrogen-bond acceptors (Lipinski definition) is 4. The van der Waals surface area contributed by atoms with Gasteiger partial charge in [0, 0.05) is 24.4 Å². The molecule has 1 atom stereocenters. The van der Waals surface area contributed by atoms with Crippen LogP contribution in [0.3, 0.4) is 0 Å². The van der Waals surface area contributed by atoms with Crippen molar-refractivity contribution in [3.8, 4) is 5.75 Å². The van der Waals surface area contributed by atoms with Gasteiger partial charge >= 0.3 is 0 Å². The van der Waals surface area contributed by atoms with Gasteiger partial charge in [-0.05, 0) is 35.7 Å². The molecule has 0 aliphatic carbocycles. The van der Waals surface area contributed by atoms with Crippen molar-refractivity contribution in [2.75, 3.05) is 19.9 Å². The van der Waals surface area contributed by atoms with Gasteiger partial charge in [-0.1, -0.05) is 48.9 Å². The largest absolute Gasteiger partial charge is 0.497 e. The van der Waals surface area contributed by atoms with Crippen LogP contribution in [0.5, 0.6) is 5.75 Å². The van der Waals surface area contributed by atoms with Crippen LogP contribution in [0.4, 0.5) is 0 Å². The molecule has 0 aliphatic heterocycles. The van der Waals surface area contributed by atoms with E-state index in [1.807, 2.05) is 49.4 Å². The van der Waals surface area contributed by atoms with Gasteiger partial charge in [-0.15, -0.1) is 11.8 Å². The van der Waals surface area contributed by atoms with Gasteiger partial charge in [0.1, 0.15) is 11.8 Å². The molecule has 29 heavy (non-hydrogen) atoms. The van der Waals surface area contributed by atoms with Crippen LogP contribution in [-0.4, -0.2) is 42.7 Å². The molecular formula is C22H27ClN2O3S. The number of halogens is 1.